The van der Waals surface area contributed by atoms with E-state index in [2.05, 4.69) is 30.6 Å². The molecule has 10 nitrogen and oxygen atoms in total. The van der Waals surface area contributed by atoms with Gasteiger partial charge in [-0.1, -0.05) is 6.07 Å². The topological polar surface area (TPSA) is 130 Å². The average Bonchev–Trinajstić information content (AvgIpc) is 2.77. The quantitative estimate of drug-likeness (QED) is 0.474. The zero-order valence-corrected chi connectivity index (χ0v) is 19.8. The number of carbonyl (C=O) groups excluding carboxylic acids is 1. The van der Waals surface area contributed by atoms with Crippen LogP contribution in [-0.2, 0) is 33.8 Å². The number of nitrogens with zero attached hydrogens (tertiary/aromatic N) is 5. The molecule has 35 heavy (non-hydrogen) atoms. The first-order valence-electron chi connectivity index (χ1n) is 10.2. The Morgan fingerprint density at radius 1 is 1.09 bits per heavy atom. The molecule has 186 valence electrons. The Labute approximate surface area is 199 Å². The molecule has 3 heterocycles. The smallest absolute Gasteiger partial charge is 0.323 e. The van der Waals surface area contributed by atoms with Crippen molar-refractivity contribution in [2.45, 2.75) is 25.9 Å². The molecule has 0 aliphatic heterocycles. The number of nitrogens with one attached hydrogen (secondary N) is 2. The van der Waals surface area contributed by atoms with Gasteiger partial charge < -0.3 is 10.6 Å². The number of halogens is 3. The van der Waals surface area contributed by atoms with E-state index in [0.717, 1.165) is 10.6 Å². The monoisotopic (exact) mass is 509 g/mol. The van der Waals surface area contributed by atoms with E-state index < -0.39 is 21.8 Å². The van der Waals surface area contributed by atoms with Gasteiger partial charge in [0.15, 0.2) is 0 Å². The van der Waals surface area contributed by atoms with E-state index in [0.29, 0.717) is 23.3 Å². The molecule has 1 amide bonds. The summed E-state index contributed by atoms with van der Waals surface area (Å²) in [4.78, 5) is 27.0. The average molecular weight is 510 g/mol. The Morgan fingerprint density at radius 3 is 2.43 bits per heavy atom. The maximum Gasteiger partial charge on any atom is 0.419 e. The van der Waals surface area contributed by atoms with Crippen LogP contribution < -0.4 is 14.9 Å². The molecule has 2 N–H and O–H groups in total. The Kier molecular flexibility index (Phi) is 7.53. The fourth-order valence-corrected chi connectivity index (χ4v) is 3.55. The third-order valence-corrected chi connectivity index (χ3v) is 5.96. The molecule has 3 aromatic rings. The normalized spacial score (nSPS) is 11.7. The lowest BCUT2D eigenvalue weighted by atomic mass is 10.1. The largest absolute Gasteiger partial charge is 0.419 e. The van der Waals surface area contributed by atoms with Crippen molar-refractivity contribution in [3.8, 4) is 0 Å². The van der Waals surface area contributed by atoms with Gasteiger partial charge in [-0.05, 0) is 36.6 Å². The van der Waals surface area contributed by atoms with Gasteiger partial charge in [0.2, 0.25) is 21.9 Å². The van der Waals surface area contributed by atoms with Crippen molar-refractivity contribution in [1.82, 2.24) is 19.9 Å². The molecule has 0 spiro atoms. The summed E-state index contributed by atoms with van der Waals surface area (Å²) in [6, 6.07) is 6.24. The minimum Gasteiger partial charge on any atom is -0.323 e. The van der Waals surface area contributed by atoms with Crippen LogP contribution in [0.15, 0.2) is 42.9 Å². The Morgan fingerprint density at radius 2 is 1.83 bits per heavy atom. The van der Waals surface area contributed by atoms with Gasteiger partial charge in [-0.25, -0.2) is 28.4 Å². The Hall–Kier alpha value is -3.81. The molecule has 0 saturated carbocycles. The predicted octanol–water partition coefficient (Wildman–Crippen LogP) is 3.17. The highest BCUT2D eigenvalue weighted by molar-refractivity contribution is 7.92. The first kappa shape index (κ1) is 25.8. The van der Waals surface area contributed by atoms with Gasteiger partial charge in [-0.2, -0.15) is 13.2 Å². The minimum absolute atomic E-state index is 0.0511. The second kappa shape index (κ2) is 10.2. The van der Waals surface area contributed by atoms with Gasteiger partial charge in [0.25, 0.3) is 0 Å². The van der Waals surface area contributed by atoms with Crippen LogP contribution in [0.3, 0.4) is 0 Å². The fourth-order valence-electron chi connectivity index (χ4n) is 3.08. The fraction of sp³-hybridized carbons (Fsp3) is 0.286. The summed E-state index contributed by atoms with van der Waals surface area (Å²) >= 11 is 0. The van der Waals surface area contributed by atoms with Crippen LogP contribution in [0.25, 0.3) is 0 Å². The number of sulfonamides is 1. The van der Waals surface area contributed by atoms with E-state index in [-0.39, 0.29) is 36.2 Å². The molecule has 0 radical (unpaired) electrons. The molecular formula is C21H22F3N7O3S. The van der Waals surface area contributed by atoms with Gasteiger partial charge in [0.1, 0.15) is 11.6 Å². The molecule has 0 aromatic carbocycles. The first-order valence-corrected chi connectivity index (χ1v) is 12.0. The number of alkyl halides is 3. The number of hydrogen-bond acceptors (Lipinski definition) is 8. The summed E-state index contributed by atoms with van der Waals surface area (Å²) in [6.45, 7) is 1.33. The standard InChI is InChI=1S/C21H22F3N7O3S/c1-13(32)28-18-9-7-15(11-26-18)29-20-27-12-16(21(22,23)24)17(30-20)8-6-14-5-4-10-25-19(14)31(2)35(3,33)34/h4-5,7,9-12H,6,8H2,1-3H3,(H,26,28,32)(H,27,29,30). The highest BCUT2D eigenvalue weighted by Gasteiger charge is 2.35. The van der Waals surface area contributed by atoms with Crippen LogP contribution in [0.1, 0.15) is 23.7 Å². The summed E-state index contributed by atoms with van der Waals surface area (Å²) in [5, 5.41) is 5.29. The first-order chi connectivity index (χ1) is 16.3. The molecule has 0 saturated heterocycles. The van der Waals surface area contributed by atoms with Gasteiger partial charge in [-0.3, -0.25) is 9.10 Å². The van der Waals surface area contributed by atoms with E-state index in [1.807, 2.05) is 0 Å². The predicted molar refractivity (Wildman–Crippen MR) is 124 cm³/mol. The highest BCUT2D eigenvalue weighted by Crippen LogP contribution is 2.32. The molecule has 0 fully saturated rings. The SMILES string of the molecule is CC(=O)Nc1ccc(Nc2ncc(C(F)(F)F)c(CCc3cccnc3N(C)S(C)(=O)=O)n2)cn1. The number of anilines is 4. The number of hydrogen-bond donors (Lipinski definition) is 2. The molecule has 14 heteroatoms. The van der Waals surface area contributed by atoms with E-state index in [9.17, 15) is 26.4 Å². The summed E-state index contributed by atoms with van der Waals surface area (Å²) in [5.41, 5.74) is -0.424. The van der Waals surface area contributed by atoms with Crippen LogP contribution in [0, 0.1) is 0 Å². The van der Waals surface area contributed by atoms with E-state index in [4.69, 9.17) is 0 Å². The maximum atomic E-state index is 13.6. The molecule has 0 bridgehead atoms. The lowest BCUT2D eigenvalue weighted by Crippen LogP contribution is -2.27. The van der Waals surface area contributed by atoms with Crippen molar-refractivity contribution in [3.63, 3.8) is 0 Å². The number of amides is 1. The number of carbonyl (C=O) groups is 1. The van der Waals surface area contributed by atoms with Crippen LogP contribution in [0.2, 0.25) is 0 Å². The van der Waals surface area contributed by atoms with Gasteiger partial charge >= 0.3 is 6.18 Å². The van der Waals surface area contributed by atoms with E-state index >= 15 is 0 Å². The Bertz CT molecular complexity index is 1320. The van der Waals surface area contributed by atoms with Crippen molar-refractivity contribution in [3.05, 3.63) is 59.7 Å². The second-order valence-electron chi connectivity index (χ2n) is 7.51. The van der Waals surface area contributed by atoms with Crippen molar-refractivity contribution >= 4 is 39.2 Å². The Balaban J connectivity index is 1.87. The summed E-state index contributed by atoms with van der Waals surface area (Å²) in [5.74, 6) is 0.0554. The second-order valence-corrected chi connectivity index (χ2v) is 9.52. The molecule has 0 aliphatic carbocycles. The lowest BCUT2D eigenvalue weighted by molar-refractivity contribution is -0.138. The molecule has 3 aromatic heterocycles. The van der Waals surface area contributed by atoms with Crippen LogP contribution in [-0.4, -0.2) is 47.6 Å². The highest BCUT2D eigenvalue weighted by atomic mass is 32.2. The lowest BCUT2D eigenvalue weighted by Gasteiger charge is -2.19. The molecule has 3 rings (SSSR count). The van der Waals surface area contributed by atoms with Crippen LogP contribution in [0.4, 0.5) is 36.4 Å². The molecule has 0 aliphatic rings. The van der Waals surface area contributed by atoms with Crippen molar-refractivity contribution in [1.29, 1.82) is 0 Å². The van der Waals surface area contributed by atoms with E-state index in [1.165, 1.54) is 32.4 Å². The van der Waals surface area contributed by atoms with Crippen LogP contribution >= 0.6 is 0 Å². The minimum atomic E-state index is -4.68. The zero-order chi connectivity index (χ0) is 25.8. The molecular weight excluding hydrogens is 487 g/mol. The summed E-state index contributed by atoms with van der Waals surface area (Å²) in [6.07, 6.45) is -0.313. The number of pyridine rings is 2. The van der Waals surface area contributed by atoms with Gasteiger partial charge in [0, 0.05) is 26.4 Å². The maximum absolute atomic E-state index is 13.6. The van der Waals surface area contributed by atoms with Crippen LogP contribution in [0.5, 0.6) is 0 Å². The third kappa shape index (κ3) is 6.85. The summed E-state index contributed by atoms with van der Waals surface area (Å²) < 4.78 is 65.6. The number of aryl methyl sites for hydroxylation is 2. The van der Waals surface area contributed by atoms with E-state index in [1.54, 1.807) is 18.2 Å². The third-order valence-electron chi connectivity index (χ3n) is 4.79. The molecule has 0 unspecified atom stereocenters. The zero-order valence-electron chi connectivity index (χ0n) is 19.0. The van der Waals surface area contributed by atoms with Crippen molar-refractivity contribution in [2.75, 3.05) is 28.2 Å². The summed E-state index contributed by atoms with van der Waals surface area (Å²) in [7, 11) is -2.30. The molecule has 0 atom stereocenters. The number of rotatable bonds is 8. The van der Waals surface area contributed by atoms with Gasteiger partial charge in [0.05, 0.1) is 29.4 Å². The van der Waals surface area contributed by atoms with Crippen molar-refractivity contribution < 1.29 is 26.4 Å². The number of aromatic nitrogens is 4. The van der Waals surface area contributed by atoms with Crippen molar-refractivity contribution in [2.24, 2.45) is 0 Å². The van der Waals surface area contributed by atoms with Gasteiger partial charge in [-0.15, -0.1) is 0 Å².